The zero-order valence-corrected chi connectivity index (χ0v) is 17.2. The highest BCUT2D eigenvalue weighted by molar-refractivity contribution is 6.05. The van der Waals surface area contributed by atoms with Gasteiger partial charge in [0.1, 0.15) is 18.1 Å². The number of hydrogen-bond donors (Lipinski definition) is 1. The molecule has 10 heteroatoms. The Morgan fingerprint density at radius 3 is 2.39 bits per heavy atom. The molecule has 1 aromatic carbocycles. The van der Waals surface area contributed by atoms with Gasteiger partial charge in [-0.15, -0.1) is 0 Å². The van der Waals surface area contributed by atoms with Gasteiger partial charge < -0.3 is 23.9 Å². The van der Waals surface area contributed by atoms with Crippen molar-refractivity contribution in [2.45, 2.75) is 20.1 Å². The van der Waals surface area contributed by atoms with Crippen molar-refractivity contribution in [1.82, 2.24) is 9.78 Å². The molecule has 2 heterocycles. The van der Waals surface area contributed by atoms with Gasteiger partial charge in [0.15, 0.2) is 11.5 Å². The summed E-state index contributed by atoms with van der Waals surface area (Å²) >= 11 is 0. The minimum Gasteiger partial charge on any atom is -0.486 e. The van der Waals surface area contributed by atoms with Gasteiger partial charge in [-0.05, 0) is 43.3 Å². The van der Waals surface area contributed by atoms with Crippen LogP contribution in [0.15, 0.2) is 47.0 Å². The molecule has 0 aliphatic carbocycles. The summed E-state index contributed by atoms with van der Waals surface area (Å²) in [6, 6.07) is 9.52. The number of hydrogen-bond acceptors (Lipinski definition) is 8. The smallest absolute Gasteiger partial charge is 0.360 e. The van der Waals surface area contributed by atoms with E-state index in [1.54, 1.807) is 30.3 Å². The maximum absolute atomic E-state index is 12.5. The number of esters is 2. The van der Waals surface area contributed by atoms with Gasteiger partial charge in [0.2, 0.25) is 0 Å². The summed E-state index contributed by atoms with van der Waals surface area (Å²) in [7, 11) is 2.55. The molecule has 31 heavy (non-hydrogen) atoms. The summed E-state index contributed by atoms with van der Waals surface area (Å²) in [5.41, 5.74) is 0.631. The molecule has 0 spiro atoms. The Morgan fingerprint density at radius 1 is 1.03 bits per heavy atom. The fourth-order valence-electron chi connectivity index (χ4n) is 2.64. The van der Waals surface area contributed by atoms with Gasteiger partial charge >= 0.3 is 11.9 Å². The van der Waals surface area contributed by atoms with Crippen molar-refractivity contribution in [2.75, 3.05) is 19.5 Å². The topological polar surface area (TPSA) is 122 Å². The molecule has 0 aliphatic heterocycles. The van der Waals surface area contributed by atoms with E-state index in [0.717, 1.165) is 0 Å². The minimum absolute atomic E-state index is 0.00298. The first kappa shape index (κ1) is 21.6. The number of aryl methyl sites for hydroxylation is 1. The van der Waals surface area contributed by atoms with Crippen molar-refractivity contribution in [3.05, 3.63) is 65.4 Å². The molecule has 0 atom stereocenters. The highest BCUT2D eigenvalue weighted by atomic mass is 16.5. The van der Waals surface area contributed by atoms with Crippen LogP contribution in [0.25, 0.3) is 0 Å². The molecule has 3 rings (SSSR count). The maximum atomic E-state index is 12.5. The molecule has 3 aromatic rings. The van der Waals surface area contributed by atoms with Crippen molar-refractivity contribution in [1.29, 1.82) is 0 Å². The van der Waals surface area contributed by atoms with E-state index >= 15 is 0 Å². The number of rotatable bonds is 8. The van der Waals surface area contributed by atoms with Crippen LogP contribution in [-0.2, 0) is 22.6 Å². The van der Waals surface area contributed by atoms with E-state index in [9.17, 15) is 14.4 Å². The number of carbonyl (C=O) groups is 3. The SMILES string of the molecule is CCn1cc(NC(=O)c2ccc(COc3ccc(C(=O)OC)cc3)o2)c(C(=O)OC)n1. The summed E-state index contributed by atoms with van der Waals surface area (Å²) in [6.07, 6.45) is 1.54. The molecule has 0 fully saturated rings. The minimum atomic E-state index is -0.658. The second-order valence-electron chi connectivity index (χ2n) is 6.26. The lowest BCUT2D eigenvalue weighted by Crippen LogP contribution is -2.14. The van der Waals surface area contributed by atoms with Crippen molar-refractivity contribution in [3.8, 4) is 5.75 Å². The van der Waals surface area contributed by atoms with Crippen LogP contribution in [0.5, 0.6) is 5.75 Å². The Labute approximate surface area is 177 Å². The van der Waals surface area contributed by atoms with Crippen molar-refractivity contribution >= 4 is 23.5 Å². The van der Waals surface area contributed by atoms with Crippen LogP contribution in [0.2, 0.25) is 0 Å². The van der Waals surface area contributed by atoms with E-state index in [1.807, 2.05) is 6.92 Å². The molecule has 0 aliphatic rings. The third kappa shape index (κ3) is 5.10. The number of carbonyl (C=O) groups excluding carboxylic acids is 3. The van der Waals surface area contributed by atoms with Crippen LogP contribution < -0.4 is 10.1 Å². The van der Waals surface area contributed by atoms with Gasteiger partial charge in [-0.25, -0.2) is 9.59 Å². The number of benzene rings is 1. The standard InChI is InChI=1S/C21H21N3O7/c1-4-24-11-16(18(23-24)21(27)29-3)22-19(25)17-10-9-15(31-17)12-30-14-7-5-13(6-8-14)20(26)28-2/h5-11H,4,12H2,1-3H3,(H,22,25). The molecule has 0 bridgehead atoms. The molecule has 10 nitrogen and oxygen atoms in total. The number of aromatic nitrogens is 2. The number of ether oxygens (including phenoxy) is 3. The average molecular weight is 427 g/mol. The van der Waals surface area contributed by atoms with E-state index in [1.165, 1.54) is 31.2 Å². The number of furan rings is 1. The molecular formula is C21H21N3O7. The van der Waals surface area contributed by atoms with E-state index in [4.69, 9.17) is 13.9 Å². The molecule has 0 unspecified atom stereocenters. The normalized spacial score (nSPS) is 10.4. The average Bonchev–Trinajstić information content (AvgIpc) is 3.44. The van der Waals surface area contributed by atoms with E-state index in [2.05, 4.69) is 15.2 Å². The molecule has 1 amide bonds. The Bertz CT molecular complexity index is 1080. The molecule has 1 N–H and O–H groups in total. The number of anilines is 1. The highest BCUT2D eigenvalue weighted by Crippen LogP contribution is 2.19. The highest BCUT2D eigenvalue weighted by Gasteiger charge is 2.21. The van der Waals surface area contributed by atoms with Crippen LogP contribution in [0.1, 0.15) is 44.1 Å². The maximum Gasteiger partial charge on any atom is 0.360 e. The van der Waals surface area contributed by atoms with E-state index in [0.29, 0.717) is 23.6 Å². The van der Waals surface area contributed by atoms with Gasteiger partial charge in [-0.1, -0.05) is 0 Å². The summed E-state index contributed by atoms with van der Waals surface area (Å²) in [5.74, 6) is -0.666. The van der Waals surface area contributed by atoms with Crippen LogP contribution in [0.4, 0.5) is 5.69 Å². The number of nitrogens with one attached hydrogen (secondary N) is 1. The zero-order valence-electron chi connectivity index (χ0n) is 17.2. The largest absolute Gasteiger partial charge is 0.486 e. The van der Waals surface area contributed by atoms with Gasteiger partial charge in [0, 0.05) is 12.7 Å². The predicted octanol–water partition coefficient (Wildman–Crippen LogP) is 2.90. The third-order valence-electron chi connectivity index (χ3n) is 4.25. The Morgan fingerprint density at radius 2 is 1.74 bits per heavy atom. The van der Waals surface area contributed by atoms with Gasteiger partial charge in [0.25, 0.3) is 5.91 Å². The monoisotopic (exact) mass is 427 g/mol. The van der Waals surface area contributed by atoms with Gasteiger partial charge in [-0.2, -0.15) is 5.10 Å². The van der Waals surface area contributed by atoms with Crippen molar-refractivity contribution in [3.63, 3.8) is 0 Å². The Kier molecular flexibility index (Phi) is 6.71. The summed E-state index contributed by atoms with van der Waals surface area (Å²) in [5, 5.41) is 6.69. The second kappa shape index (κ2) is 9.61. The van der Waals surface area contributed by atoms with Gasteiger partial charge in [-0.3, -0.25) is 9.48 Å². The number of nitrogens with zero attached hydrogens (tertiary/aromatic N) is 2. The molecule has 0 saturated carbocycles. The third-order valence-corrected chi connectivity index (χ3v) is 4.25. The van der Waals surface area contributed by atoms with Crippen molar-refractivity contribution < 1.29 is 33.0 Å². The molecular weight excluding hydrogens is 406 g/mol. The predicted molar refractivity (Wildman–Crippen MR) is 108 cm³/mol. The fourth-order valence-corrected chi connectivity index (χ4v) is 2.64. The first-order valence-corrected chi connectivity index (χ1v) is 9.32. The van der Waals surface area contributed by atoms with Gasteiger partial charge in [0.05, 0.1) is 25.5 Å². The van der Waals surface area contributed by atoms with Crippen LogP contribution >= 0.6 is 0 Å². The zero-order chi connectivity index (χ0) is 22.4. The van der Waals surface area contributed by atoms with Crippen LogP contribution in [-0.4, -0.2) is 41.8 Å². The second-order valence-corrected chi connectivity index (χ2v) is 6.26. The first-order valence-electron chi connectivity index (χ1n) is 9.32. The summed E-state index contributed by atoms with van der Waals surface area (Å²) in [4.78, 5) is 35.8. The quantitative estimate of drug-likeness (QED) is 0.545. The van der Waals surface area contributed by atoms with E-state index < -0.39 is 17.8 Å². The van der Waals surface area contributed by atoms with E-state index in [-0.39, 0.29) is 23.7 Å². The van der Waals surface area contributed by atoms with Crippen LogP contribution in [0.3, 0.4) is 0 Å². The molecule has 0 saturated heterocycles. The number of methoxy groups -OCH3 is 2. The van der Waals surface area contributed by atoms with Crippen molar-refractivity contribution in [2.24, 2.45) is 0 Å². The molecule has 0 radical (unpaired) electrons. The van der Waals surface area contributed by atoms with Crippen LogP contribution in [0, 0.1) is 0 Å². The fraction of sp³-hybridized carbons (Fsp3) is 0.238. The molecule has 2 aromatic heterocycles. The molecule has 162 valence electrons. The lowest BCUT2D eigenvalue weighted by Gasteiger charge is -2.05. The lowest BCUT2D eigenvalue weighted by molar-refractivity contribution is 0.0588. The Hall–Kier alpha value is -4.08. The summed E-state index contributed by atoms with van der Waals surface area (Å²) < 4.78 is 22.0. The Balaban J connectivity index is 1.63. The number of amides is 1. The first-order chi connectivity index (χ1) is 14.9. The summed E-state index contributed by atoms with van der Waals surface area (Å²) in [6.45, 7) is 2.44. The lowest BCUT2D eigenvalue weighted by atomic mass is 10.2.